The van der Waals surface area contributed by atoms with Crippen LogP contribution in [-0.4, -0.2) is 22.5 Å². The monoisotopic (exact) mass is 298 g/mol. The summed E-state index contributed by atoms with van der Waals surface area (Å²) in [7, 11) is 0. The maximum atomic E-state index is 12.6. The Bertz CT molecular complexity index is 579. The number of hydrogen-bond acceptors (Lipinski definition) is 3. The van der Waals surface area contributed by atoms with Crippen molar-refractivity contribution in [2.75, 3.05) is 0 Å². The molecule has 0 radical (unpaired) electrons. The Morgan fingerprint density at radius 1 is 1.29 bits per heavy atom. The summed E-state index contributed by atoms with van der Waals surface area (Å²) in [5, 5.41) is 0. The average molecular weight is 298 g/mol. The lowest BCUT2D eigenvalue weighted by molar-refractivity contribution is -0.137. The number of carbonyl (C=O) groups excluding carboxylic acids is 1. The highest BCUT2D eigenvalue weighted by molar-refractivity contribution is 5.39. The van der Waals surface area contributed by atoms with Gasteiger partial charge in [0.05, 0.1) is 17.8 Å². The predicted octanol–water partition coefficient (Wildman–Crippen LogP) is 3.12. The van der Waals surface area contributed by atoms with E-state index in [2.05, 4.69) is 9.97 Å². The lowest BCUT2D eigenvalue weighted by atomic mass is 9.90. The first-order valence-electron chi connectivity index (χ1n) is 6.18. The number of rotatable bonds is 5. The molecule has 4 nitrogen and oxygen atoms in total. The van der Waals surface area contributed by atoms with E-state index in [-0.39, 0.29) is 0 Å². The fourth-order valence-corrected chi connectivity index (χ4v) is 2.19. The van der Waals surface area contributed by atoms with Crippen LogP contribution in [0.4, 0.5) is 13.2 Å². The quantitative estimate of drug-likeness (QED) is 0.863. The van der Waals surface area contributed by atoms with E-state index in [1.165, 1.54) is 18.5 Å². The maximum absolute atomic E-state index is 12.6. The molecule has 7 heteroatoms. The summed E-state index contributed by atoms with van der Waals surface area (Å²) in [5.41, 5.74) is 0.532. The highest BCUT2D eigenvalue weighted by Crippen LogP contribution is 2.32. The van der Waals surface area contributed by atoms with Crippen molar-refractivity contribution in [3.63, 3.8) is 0 Å². The fourth-order valence-electron chi connectivity index (χ4n) is 2.19. The molecule has 2 rings (SSSR count). The molecule has 2 unspecified atom stereocenters. The van der Waals surface area contributed by atoms with Gasteiger partial charge in [0, 0.05) is 11.9 Å². The van der Waals surface area contributed by atoms with Crippen LogP contribution in [0.15, 0.2) is 36.8 Å². The van der Waals surface area contributed by atoms with Gasteiger partial charge < -0.3 is 9.72 Å². The number of hydrogen-bond donors (Lipinski definition) is 1. The zero-order chi connectivity index (χ0) is 15.5. The van der Waals surface area contributed by atoms with Gasteiger partial charge in [-0.1, -0.05) is 12.1 Å². The molecule has 112 valence electrons. The molecule has 0 spiro atoms. The first kappa shape index (κ1) is 15.1. The van der Waals surface area contributed by atoms with E-state index in [1.54, 1.807) is 13.1 Å². The molecule has 0 aliphatic rings. The predicted molar refractivity (Wildman–Crippen MR) is 68.5 cm³/mol. The lowest BCUT2D eigenvalue weighted by Crippen LogP contribution is -2.20. The normalized spacial score (nSPS) is 14.5. The van der Waals surface area contributed by atoms with Crippen LogP contribution >= 0.6 is 0 Å². The molecule has 0 aliphatic heterocycles. The molecule has 1 aromatic carbocycles. The summed E-state index contributed by atoms with van der Waals surface area (Å²) < 4.78 is 42.7. The van der Waals surface area contributed by atoms with E-state index in [9.17, 15) is 18.0 Å². The topological polar surface area (TPSA) is 55.0 Å². The van der Waals surface area contributed by atoms with Crippen LogP contribution in [0, 0.1) is 0 Å². The second kappa shape index (κ2) is 5.99. The Morgan fingerprint density at radius 2 is 1.95 bits per heavy atom. The Balaban J connectivity index is 2.35. The van der Waals surface area contributed by atoms with Crippen LogP contribution in [-0.2, 0) is 15.7 Å². The van der Waals surface area contributed by atoms with E-state index < -0.39 is 23.8 Å². The molecule has 0 aliphatic carbocycles. The molecule has 2 aromatic rings. The van der Waals surface area contributed by atoms with Gasteiger partial charge in [0.1, 0.15) is 6.10 Å². The van der Waals surface area contributed by atoms with E-state index in [1.807, 2.05) is 0 Å². The highest BCUT2D eigenvalue weighted by Gasteiger charge is 2.31. The van der Waals surface area contributed by atoms with Crippen molar-refractivity contribution >= 4 is 6.47 Å². The largest absolute Gasteiger partial charge is 0.464 e. The molecule has 0 bridgehead atoms. The fraction of sp³-hybridized carbons (Fsp3) is 0.286. The first-order chi connectivity index (χ1) is 9.93. The number of ether oxygens (including phenoxy) is 1. The third-order valence-electron chi connectivity index (χ3n) is 3.19. The second-order valence-electron chi connectivity index (χ2n) is 4.54. The van der Waals surface area contributed by atoms with Crippen LogP contribution < -0.4 is 0 Å². The standard InChI is InChI=1S/C14H13F3N2O2/c1-9(21-8-20)13(12-6-18-7-19-12)10-2-4-11(5-3-10)14(15,16)17/h2-9,13H,1H3,(H,18,19). The van der Waals surface area contributed by atoms with Gasteiger partial charge in [0.15, 0.2) is 0 Å². The van der Waals surface area contributed by atoms with Crippen molar-refractivity contribution in [1.82, 2.24) is 9.97 Å². The molecule has 21 heavy (non-hydrogen) atoms. The van der Waals surface area contributed by atoms with E-state index in [0.29, 0.717) is 17.7 Å². The first-order valence-corrected chi connectivity index (χ1v) is 6.18. The SMILES string of the molecule is CC(OC=O)C(c1ccc(C(F)(F)F)cc1)c1cnc[nH]1. The number of nitrogens with one attached hydrogen (secondary N) is 1. The Labute approximate surface area is 119 Å². The van der Waals surface area contributed by atoms with Gasteiger partial charge in [0.2, 0.25) is 0 Å². The van der Waals surface area contributed by atoms with E-state index >= 15 is 0 Å². The minimum atomic E-state index is -4.38. The van der Waals surface area contributed by atoms with Crippen molar-refractivity contribution in [3.8, 4) is 0 Å². The van der Waals surface area contributed by atoms with Gasteiger partial charge in [-0.2, -0.15) is 13.2 Å². The van der Waals surface area contributed by atoms with Gasteiger partial charge in [-0.25, -0.2) is 4.98 Å². The summed E-state index contributed by atoms with van der Waals surface area (Å²) in [5.74, 6) is -0.417. The highest BCUT2D eigenvalue weighted by atomic mass is 19.4. The number of H-pyrrole nitrogens is 1. The Morgan fingerprint density at radius 3 is 2.43 bits per heavy atom. The zero-order valence-electron chi connectivity index (χ0n) is 11.1. The van der Waals surface area contributed by atoms with Crippen LogP contribution in [0.2, 0.25) is 0 Å². The van der Waals surface area contributed by atoms with Gasteiger partial charge in [0.25, 0.3) is 6.47 Å². The van der Waals surface area contributed by atoms with Crippen LogP contribution in [0.5, 0.6) is 0 Å². The Kier molecular flexibility index (Phi) is 4.30. The minimum absolute atomic E-state index is 0.318. The van der Waals surface area contributed by atoms with Gasteiger partial charge in [-0.05, 0) is 24.6 Å². The van der Waals surface area contributed by atoms with Gasteiger partial charge in [-0.3, -0.25) is 4.79 Å². The summed E-state index contributed by atoms with van der Waals surface area (Å²) in [4.78, 5) is 17.3. The summed E-state index contributed by atoms with van der Waals surface area (Å²) in [6, 6.07) is 4.76. The zero-order valence-corrected chi connectivity index (χ0v) is 11.1. The Hall–Kier alpha value is -2.31. The molecular weight excluding hydrogens is 285 g/mol. The number of halogens is 3. The summed E-state index contributed by atoms with van der Waals surface area (Å²) >= 11 is 0. The molecule has 1 N–H and O–H groups in total. The second-order valence-corrected chi connectivity index (χ2v) is 4.54. The van der Waals surface area contributed by atoms with Crippen molar-refractivity contribution < 1.29 is 22.7 Å². The summed E-state index contributed by atoms with van der Waals surface area (Å²) in [6.45, 7) is 1.98. The maximum Gasteiger partial charge on any atom is 0.416 e. The van der Waals surface area contributed by atoms with Crippen LogP contribution in [0.25, 0.3) is 0 Å². The number of imidazole rings is 1. The number of nitrogens with zero attached hydrogens (tertiary/aromatic N) is 1. The van der Waals surface area contributed by atoms with Crippen molar-refractivity contribution in [2.24, 2.45) is 0 Å². The van der Waals surface area contributed by atoms with Gasteiger partial charge >= 0.3 is 6.18 Å². The minimum Gasteiger partial charge on any atom is -0.464 e. The van der Waals surface area contributed by atoms with Crippen LogP contribution in [0.1, 0.15) is 29.7 Å². The molecule has 0 saturated heterocycles. The lowest BCUT2D eigenvalue weighted by Gasteiger charge is -2.22. The molecule has 0 fully saturated rings. The van der Waals surface area contributed by atoms with Crippen molar-refractivity contribution in [2.45, 2.75) is 25.1 Å². The van der Waals surface area contributed by atoms with Crippen molar-refractivity contribution in [1.29, 1.82) is 0 Å². The average Bonchev–Trinajstić information content (AvgIpc) is 2.93. The third-order valence-corrected chi connectivity index (χ3v) is 3.19. The molecule has 1 aromatic heterocycles. The van der Waals surface area contributed by atoms with E-state index in [4.69, 9.17) is 4.74 Å². The van der Waals surface area contributed by atoms with Gasteiger partial charge in [-0.15, -0.1) is 0 Å². The number of carbonyl (C=O) groups is 1. The number of aromatic amines is 1. The van der Waals surface area contributed by atoms with E-state index in [0.717, 1.165) is 12.1 Å². The smallest absolute Gasteiger partial charge is 0.416 e. The third kappa shape index (κ3) is 3.42. The molecule has 2 atom stereocenters. The summed E-state index contributed by atoms with van der Waals surface area (Å²) in [6.07, 6.45) is -1.92. The number of benzene rings is 1. The van der Waals surface area contributed by atoms with Crippen LogP contribution in [0.3, 0.4) is 0 Å². The number of aromatic nitrogens is 2. The van der Waals surface area contributed by atoms with Crippen molar-refractivity contribution in [3.05, 3.63) is 53.6 Å². The number of alkyl halides is 3. The molecule has 0 amide bonds. The molecule has 0 saturated carbocycles. The molecule has 1 heterocycles. The molecular formula is C14H13F3N2O2.